The summed E-state index contributed by atoms with van der Waals surface area (Å²) in [6, 6.07) is 8.77. The van der Waals surface area contributed by atoms with E-state index in [0.29, 0.717) is 16.8 Å². The number of anilines is 1. The molecule has 0 atom stereocenters. The van der Waals surface area contributed by atoms with Gasteiger partial charge >= 0.3 is 0 Å². The van der Waals surface area contributed by atoms with E-state index in [1.54, 1.807) is 12.1 Å². The molecule has 2 amide bonds. The molecule has 0 bridgehead atoms. The predicted molar refractivity (Wildman–Crippen MR) is 93.6 cm³/mol. The number of nitrogens with zero attached hydrogens (tertiary/aromatic N) is 1. The lowest BCUT2D eigenvalue weighted by Gasteiger charge is -2.20. The lowest BCUT2D eigenvalue weighted by molar-refractivity contribution is 0.0919. The number of pyridine rings is 1. The Balaban J connectivity index is 2.14. The molecular weight excluding hydrogens is 358 g/mol. The van der Waals surface area contributed by atoms with E-state index in [1.807, 2.05) is 32.9 Å². The van der Waals surface area contributed by atoms with Gasteiger partial charge in [0.05, 0.1) is 11.1 Å². The molecular formula is C17H18BrN3O2. The van der Waals surface area contributed by atoms with Gasteiger partial charge in [0.25, 0.3) is 11.8 Å². The minimum Gasteiger partial charge on any atom is -0.347 e. The second kappa shape index (κ2) is 6.91. The number of amides is 2. The van der Waals surface area contributed by atoms with Crippen molar-refractivity contribution >= 4 is 33.4 Å². The van der Waals surface area contributed by atoms with Crippen LogP contribution in [0.1, 0.15) is 41.5 Å². The summed E-state index contributed by atoms with van der Waals surface area (Å²) in [5, 5.41) is 5.61. The fourth-order valence-electron chi connectivity index (χ4n) is 1.84. The monoisotopic (exact) mass is 375 g/mol. The number of rotatable bonds is 3. The molecule has 0 aliphatic rings. The van der Waals surface area contributed by atoms with E-state index in [9.17, 15) is 9.59 Å². The van der Waals surface area contributed by atoms with Gasteiger partial charge in [-0.25, -0.2) is 0 Å². The highest BCUT2D eigenvalue weighted by Crippen LogP contribution is 2.15. The fourth-order valence-corrected chi connectivity index (χ4v) is 2.10. The number of aromatic nitrogens is 1. The van der Waals surface area contributed by atoms with Crippen molar-refractivity contribution in [3.63, 3.8) is 0 Å². The second-order valence-electron chi connectivity index (χ2n) is 6.13. The molecule has 0 aliphatic heterocycles. The van der Waals surface area contributed by atoms with Gasteiger partial charge in [0.15, 0.2) is 0 Å². The van der Waals surface area contributed by atoms with Crippen molar-refractivity contribution in [2.75, 3.05) is 5.32 Å². The first-order chi connectivity index (χ1) is 10.7. The highest BCUT2D eigenvalue weighted by molar-refractivity contribution is 9.10. The summed E-state index contributed by atoms with van der Waals surface area (Å²) < 4.78 is 0.929. The highest BCUT2D eigenvalue weighted by Gasteiger charge is 2.17. The molecule has 0 fully saturated rings. The van der Waals surface area contributed by atoms with Gasteiger partial charge in [-0.15, -0.1) is 0 Å². The molecule has 5 nitrogen and oxygen atoms in total. The van der Waals surface area contributed by atoms with E-state index < -0.39 is 0 Å². The van der Waals surface area contributed by atoms with Crippen molar-refractivity contribution < 1.29 is 9.59 Å². The van der Waals surface area contributed by atoms with Gasteiger partial charge in [0, 0.05) is 28.1 Å². The molecule has 0 spiro atoms. The van der Waals surface area contributed by atoms with E-state index in [-0.39, 0.29) is 17.4 Å². The normalized spacial score (nSPS) is 11.0. The fraction of sp³-hybridized carbons (Fsp3) is 0.235. The largest absolute Gasteiger partial charge is 0.347 e. The molecule has 0 unspecified atom stereocenters. The number of nitrogens with one attached hydrogen (secondary N) is 2. The van der Waals surface area contributed by atoms with E-state index in [1.165, 1.54) is 18.5 Å². The van der Waals surface area contributed by atoms with Gasteiger partial charge in [0.1, 0.15) is 0 Å². The van der Waals surface area contributed by atoms with Gasteiger partial charge in [-0.3, -0.25) is 14.6 Å². The van der Waals surface area contributed by atoms with E-state index in [2.05, 4.69) is 31.5 Å². The van der Waals surface area contributed by atoms with Crippen molar-refractivity contribution in [3.8, 4) is 0 Å². The summed E-state index contributed by atoms with van der Waals surface area (Å²) in [6.45, 7) is 5.67. The molecule has 6 heteroatoms. The van der Waals surface area contributed by atoms with E-state index >= 15 is 0 Å². The summed E-state index contributed by atoms with van der Waals surface area (Å²) in [7, 11) is 0. The van der Waals surface area contributed by atoms with Crippen LogP contribution in [0.25, 0.3) is 0 Å². The van der Waals surface area contributed by atoms with Crippen LogP contribution in [0.5, 0.6) is 0 Å². The Morgan fingerprint density at radius 2 is 1.57 bits per heavy atom. The molecule has 0 aliphatic carbocycles. The van der Waals surface area contributed by atoms with E-state index in [4.69, 9.17) is 0 Å². The maximum atomic E-state index is 12.3. The Morgan fingerprint density at radius 1 is 1.00 bits per heavy atom. The first kappa shape index (κ1) is 17.1. The third-order valence-corrected chi connectivity index (χ3v) is 3.38. The minimum atomic E-state index is -0.354. The topological polar surface area (TPSA) is 71.1 Å². The molecule has 2 rings (SSSR count). The van der Waals surface area contributed by atoms with Gasteiger partial charge in [0.2, 0.25) is 0 Å². The molecule has 0 radical (unpaired) electrons. The molecule has 120 valence electrons. The van der Waals surface area contributed by atoms with Crippen LogP contribution in [-0.4, -0.2) is 22.3 Å². The average Bonchev–Trinajstić information content (AvgIpc) is 2.48. The molecule has 0 saturated heterocycles. The van der Waals surface area contributed by atoms with Crippen molar-refractivity contribution in [3.05, 3.63) is 58.3 Å². The lowest BCUT2D eigenvalue weighted by atomic mass is 10.1. The molecule has 1 aromatic heterocycles. The molecule has 1 aromatic carbocycles. The van der Waals surface area contributed by atoms with Crippen LogP contribution in [0.4, 0.5) is 5.69 Å². The Kier molecular flexibility index (Phi) is 5.15. The smallest absolute Gasteiger partial charge is 0.257 e. The first-order valence-electron chi connectivity index (χ1n) is 7.09. The molecule has 2 N–H and O–H groups in total. The van der Waals surface area contributed by atoms with Crippen molar-refractivity contribution in [1.82, 2.24) is 10.3 Å². The van der Waals surface area contributed by atoms with Crippen LogP contribution in [0.15, 0.2) is 47.2 Å². The van der Waals surface area contributed by atoms with Crippen LogP contribution in [0, 0.1) is 0 Å². The van der Waals surface area contributed by atoms with Crippen molar-refractivity contribution in [2.45, 2.75) is 26.3 Å². The maximum absolute atomic E-state index is 12.3. The van der Waals surface area contributed by atoms with Crippen LogP contribution >= 0.6 is 15.9 Å². The van der Waals surface area contributed by atoms with E-state index in [0.717, 1.165) is 4.47 Å². The Morgan fingerprint density at radius 3 is 2.13 bits per heavy atom. The number of carbonyl (C=O) groups excluding carboxylic acids is 2. The van der Waals surface area contributed by atoms with Crippen molar-refractivity contribution in [1.29, 1.82) is 0 Å². The average molecular weight is 376 g/mol. The Hall–Kier alpha value is -2.21. The van der Waals surface area contributed by atoms with Gasteiger partial charge < -0.3 is 10.6 Å². The predicted octanol–water partition coefficient (Wildman–Crippen LogP) is 3.62. The number of hydrogen-bond acceptors (Lipinski definition) is 3. The third-order valence-electron chi connectivity index (χ3n) is 2.85. The zero-order valence-electron chi connectivity index (χ0n) is 13.2. The van der Waals surface area contributed by atoms with Crippen LogP contribution in [0.2, 0.25) is 0 Å². The molecule has 23 heavy (non-hydrogen) atoms. The number of carbonyl (C=O) groups is 2. The first-order valence-corrected chi connectivity index (χ1v) is 7.88. The molecule has 0 saturated carbocycles. The zero-order chi connectivity index (χ0) is 17.0. The minimum absolute atomic E-state index is 0.261. The number of benzene rings is 1. The van der Waals surface area contributed by atoms with Gasteiger partial charge in [-0.05, 0) is 51.1 Å². The lowest BCUT2D eigenvalue weighted by Crippen LogP contribution is -2.40. The maximum Gasteiger partial charge on any atom is 0.257 e. The second-order valence-corrected chi connectivity index (χ2v) is 7.04. The van der Waals surface area contributed by atoms with Gasteiger partial charge in [-0.2, -0.15) is 0 Å². The summed E-state index contributed by atoms with van der Waals surface area (Å²) in [4.78, 5) is 28.4. The summed E-state index contributed by atoms with van der Waals surface area (Å²) in [6.07, 6.45) is 2.87. The SMILES string of the molecule is CC(C)(C)NC(=O)c1cncc(C(=O)Nc2ccc(Br)cc2)c1. The van der Waals surface area contributed by atoms with Crippen LogP contribution in [0.3, 0.4) is 0 Å². The Bertz CT molecular complexity index is 721. The van der Waals surface area contributed by atoms with Crippen LogP contribution < -0.4 is 10.6 Å². The Labute approximate surface area is 143 Å². The number of halogens is 1. The molecule has 1 heterocycles. The zero-order valence-corrected chi connectivity index (χ0v) is 14.8. The van der Waals surface area contributed by atoms with Crippen molar-refractivity contribution in [2.24, 2.45) is 0 Å². The summed E-state index contributed by atoms with van der Waals surface area (Å²) >= 11 is 3.34. The molecule has 2 aromatic rings. The highest BCUT2D eigenvalue weighted by atomic mass is 79.9. The standard InChI is InChI=1S/C17H18BrN3O2/c1-17(2,3)21-16(23)12-8-11(9-19-10-12)15(22)20-14-6-4-13(18)5-7-14/h4-10H,1-3H3,(H,20,22)(H,21,23). The number of hydrogen-bond donors (Lipinski definition) is 2. The summed E-state index contributed by atoms with van der Waals surface area (Å²) in [5.41, 5.74) is 0.993. The van der Waals surface area contributed by atoms with Crippen LogP contribution in [-0.2, 0) is 0 Å². The van der Waals surface area contributed by atoms with Gasteiger partial charge in [-0.1, -0.05) is 15.9 Å². The third kappa shape index (κ3) is 5.17. The quantitative estimate of drug-likeness (QED) is 0.860. The summed E-state index contributed by atoms with van der Waals surface area (Å²) in [5.74, 6) is -0.575.